The predicted octanol–water partition coefficient (Wildman–Crippen LogP) is 4.17. The third kappa shape index (κ3) is 7.65. The van der Waals surface area contributed by atoms with Crippen LogP contribution in [0.15, 0.2) is 12.5 Å². The first-order valence-corrected chi connectivity index (χ1v) is 13.5. The van der Waals surface area contributed by atoms with Gasteiger partial charge in [0.15, 0.2) is 5.88 Å². The summed E-state index contributed by atoms with van der Waals surface area (Å²) in [5, 5.41) is 5.73. The van der Waals surface area contributed by atoms with Crippen LogP contribution in [0.4, 0.5) is 8.78 Å². The van der Waals surface area contributed by atoms with Crippen molar-refractivity contribution in [3.05, 3.63) is 12.5 Å². The Morgan fingerprint density at radius 3 is 2.31 bits per heavy atom. The van der Waals surface area contributed by atoms with Crippen LogP contribution < -0.4 is 10.6 Å². The molecule has 3 atom stereocenters. The zero-order valence-corrected chi connectivity index (χ0v) is 22.2. The molecule has 2 saturated carbocycles. The molecule has 0 aromatic rings. The number of hydrogen-bond acceptors (Lipinski definition) is 5. The maximum absolute atomic E-state index is 14.0. The second kappa shape index (κ2) is 11.5. The number of nitrogens with zero attached hydrogens (tertiary/aromatic N) is 1. The molecule has 0 aromatic heterocycles. The molecule has 3 aliphatic rings. The SMILES string of the molecule is C=C(NC(C(=O)N1CCCC1C(CC1CC1)C(=O)C(=O)NCC)C1CCC(F)(F)CC1)OC(C)(C)C. The lowest BCUT2D eigenvalue weighted by Crippen LogP contribution is -2.55. The van der Waals surface area contributed by atoms with Crippen molar-refractivity contribution in [3.63, 3.8) is 0 Å². The molecule has 0 bridgehead atoms. The Kier molecular flexibility index (Phi) is 9.04. The molecule has 1 aliphatic heterocycles. The molecule has 0 spiro atoms. The molecule has 1 heterocycles. The maximum Gasteiger partial charge on any atom is 0.287 e. The van der Waals surface area contributed by atoms with E-state index in [0.29, 0.717) is 31.8 Å². The van der Waals surface area contributed by atoms with Gasteiger partial charge in [0, 0.05) is 37.9 Å². The van der Waals surface area contributed by atoms with E-state index in [1.54, 1.807) is 11.8 Å². The lowest BCUT2D eigenvalue weighted by Gasteiger charge is -2.39. The Balaban J connectivity index is 1.82. The fourth-order valence-corrected chi connectivity index (χ4v) is 5.58. The first-order valence-electron chi connectivity index (χ1n) is 13.5. The molecule has 3 unspecified atom stereocenters. The van der Waals surface area contributed by atoms with E-state index in [1.165, 1.54) is 0 Å². The Morgan fingerprint density at radius 2 is 1.75 bits per heavy atom. The van der Waals surface area contributed by atoms with Crippen LogP contribution in [0, 0.1) is 17.8 Å². The van der Waals surface area contributed by atoms with Crippen molar-refractivity contribution < 1.29 is 27.9 Å². The first-order chi connectivity index (χ1) is 16.8. The topological polar surface area (TPSA) is 87.7 Å². The standard InChI is InChI=1S/C27H43F2N3O4/c1-6-30-24(34)23(33)20(16-18-9-10-18)21-8-7-15-32(21)25(35)22(31-17(2)36-26(3,4)5)19-11-13-27(28,29)14-12-19/h18-22,31H,2,6-16H2,1,3-5H3,(H,30,34). The van der Waals surface area contributed by atoms with Gasteiger partial charge in [-0.15, -0.1) is 0 Å². The van der Waals surface area contributed by atoms with Crippen LogP contribution >= 0.6 is 0 Å². The minimum absolute atomic E-state index is 0.209. The highest BCUT2D eigenvalue weighted by Gasteiger charge is 2.47. The number of rotatable bonds is 11. The van der Waals surface area contributed by atoms with Crippen molar-refractivity contribution in [1.82, 2.24) is 15.5 Å². The molecule has 2 amide bonds. The van der Waals surface area contributed by atoms with Gasteiger partial charge in [-0.05, 0) is 78.2 Å². The molecule has 7 nitrogen and oxygen atoms in total. The van der Waals surface area contributed by atoms with Crippen LogP contribution in [0.5, 0.6) is 0 Å². The Morgan fingerprint density at radius 1 is 1.11 bits per heavy atom. The van der Waals surface area contributed by atoms with Gasteiger partial charge in [-0.2, -0.15) is 0 Å². The third-order valence-electron chi connectivity index (χ3n) is 7.47. The summed E-state index contributed by atoms with van der Waals surface area (Å²) >= 11 is 0. The normalized spacial score (nSPS) is 24.1. The van der Waals surface area contributed by atoms with Crippen LogP contribution in [-0.4, -0.2) is 59.2 Å². The summed E-state index contributed by atoms with van der Waals surface area (Å²) in [7, 11) is 0. The number of nitrogens with one attached hydrogen (secondary N) is 2. The van der Waals surface area contributed by atoms with E-state index in [0.717, 1.165) is 19.3 Å². The van der Waals surface area contributed by atoms with Crippen LogP contribution in [0.1, 0.15) is 85.5 Å². The van der Waals surface area contributed by atoms with Crippen molar-refractivity contribution in [2.24, 2.45) is 17.8 Å². The molecule has 3 fully saturated rings. The van der Waals surface area contributed by atoms with E-state index in [9.17, 15) is 23.2 Å². The van der Waals surface area contributed by atoms with Gasteiger partial charge in [0.1, 0.15) is 11.6 Å². The number of carbonyl (C=O) groups is 3. The number of ether oxygens (including phenoxy) is 1. The molecule has 36 heavy (non-hydrogen) atoms. The zero-order chi connectivity index (χ0) is 26.7. The minimum Gasteiger partial charge on any atom is -0.474 e. The second-order valence-electron chi connectivity index (χ2n) is 11.7. The summed E-state index contributed by atoms with van der Waals surface area (Å²) in [6.45, 7) is 12.1. The van der Waals surface area contributed by atoms with Gasteiger partial charge in [0.05, 0.1) is 0 Å². The minimum atomic E-state index is -2.71. The van der Waals surface area contributed by atoms with Crippen LogP contribution in [0.2, 0.25) is 0 Å². The van der Waals surface area contributed by atoms with E-state index < -0.39 is 35.2 Å². The van der Waals surface area contributed by atoms with Gasteiger partial charge in [-0.3, -0.25) is 14.4 Å². The Labute approximate surface area is 213 Å². The molecule has 3 rings (SSSR count). The van der Waals surface area contributed by atoms with Crippen LogP contribution in [-0.2, 0) is 19.1 Å². The Bertz CT molecular complexity index is 827. The van der Waals surface area contributed by atoms with Gasteiger partial charge >= 0.3 is 0 Å². The van der Waals surface area contributed by atoms with Gasteiger partial charge in [0.2, 0.25) is 17.6 Å². The molecule has 204 valence electrons. The quantitative estimate of drug-likeness (QED) is 0.321. The van der Waals surface area contributed by atoms with Crippen LogP contribution in [0.3, 0.4) is 0 Å². The number of ketones is 1. The van der Waals surface area contributed by atoms with Gasteiger partial charge in [-0.25, -0.2) is 8.78 Å². The van der Waals surface area contributed by atoms with Crippen molar-refractivity contribution in [2.45, 2.75) is 109 Å². The van der Waals surface area contributed by atoms with E-state index in [-0.39, 0.29) is 49.4 Å². The number of alkyl halides is 2. The highest BCUT2D eigenvalue weighted by molar-refractivity contribution is 6.37. The smallest absolute Gasteiger partial charge is 0.287 e. The molecule has 2 N–H and O–H groups in total. The molecule has 1 saturated heterocycles. The molecule has 9 heteroatoms. The number of halogens is 2. The van der Waals surface area contributed by atoms with E-state index in [4.69, 9.17) is 4.74 Å². The number of carbonyl (C=O) groups excluding carboxylic acids is 3. The molecular formula is C27H43F2N3O4. The van der Waals surface area contributed by atoms with E-state index >= 15 is 0 Å². The summed E-state index contributed by atoms with van der Waals surface area (Å²) in [4.78, 5) is 41.3. The largest absolute Gasteiger partial charge is 0.474 e. The van der Waals surface area contributed by atoms with E-state index in [2.05, 4.69) is 17.2 Å². The fourth-order valence-electron chi connectivity index (χ4n) is 5.58. The molecular weight excluding hydrogens is 468 g/mol. The lowest BCUT2D eigenvalue weighted by atomic mass is 9.81. The molecule has 2 aliphatic carbocycles. The van der Waals surface area contributed by atoms with Crippen molar-refractivity contribution in [2.75, 3.05) is 13.1 Å². The van der Waals surface area contributed by atoms with Gasteiger partial charge in [0.25, 0.3) is 5.91 Å². The number of Topliss-reactive ketones (excluding diaryl/α,β-unsaturated/α-hetero) is 1. The van der Waals surface area contributed by atoms with Crippen molar-refractivity contribution >= 4 is 17.6 Å². The summed E-state index contributed by atoms with van der Waals surface area (Å²) < 4.78 is 33.6. The predicted molar refractivity (Wildman–Crippen MR) is 133 cm³/mol. The summed E-state index contributed by atoms with van der Waals surface area (Å²) in [5.41, 5.74) is -0.540. The fraction of sp³-hybridized carbons (Fsp3) is 0.815. The number of likely N-dealkylation sites (tertiary alicyclic amines) is 1. The average molecular weight is 512 g/mol. The molecule has 0 aromatic carbocycles. The summed E-state index contributed by atoms with van der Waals surface area (Å²) in [5.74, 6) is -4.24. The van der Waals surface area contributed by atoms with E-state index in [1.807, 2.05) is 20.8 Å². The number of hydrogen-bond donors (Lipinski definition) is 2. The third-order valence-corrected chi connectivity index (χ3v) is 7.47. The highest BCUT2D eigenvalue weighted by atomic mass is 19.3. The second-order valence-corrected chi connectivity index (χ2v) is 11.7. The van der Waals surface area contributed by atoms with Crippen molar-refractivity contribution in [1.29, 1.82) is 0 Å². The monoisotopic (exact) mass is 511 g/mol. The van der Waals surface area contributed by atoms with Gasteiger partial charge in [-0.1, -0.05) is 12.8 Å². The highest BCUT2D eigenvalue weighted by Crippen LogP contribution is 2.41. The first kappa shape index (κ1) is 28.4. The van der Waals surface area contributed by atoms with Crippen LogP contribution in [0.25, 0.3) is 0 Å². The summed E-state index contributed by atoms with van der Waals surface area (Å²) in [6.07, 6.45) is 3.92. The van der Waals surface area contributed by atoms with Gasteiger partial charge < -0.3 is 20.3 Å². The zero-order valence-electron chi connectivity index (χ0n) is 22.2. The lowest BCUT2D eigenvalue weighted by molar-refractivity contribution is -0.145. The maximum atomic E-state index is 14.0. The van der Waals surface area contributed by atoms with Crippen molar-refractivity contribution in [3.8, 4) is 0 Å². The number of likely N-dealkylation sites (N-methyl/N-ethyl adjacent to an activating group) is 1. The number of amides is 2. The molecule has 0 radical (unpaired) electrons. The average Bonchev–Trinajstić information content (AvgIpc) is 3.47. The summed E-state index contributed by atoms with van der Waals surface area (Å²) in [6, 6.07) is -1.16. The Hall–Kier alpha value is -2.19.